The van der Waals surface area contributed by atoms with E-state index in [1.165, 1.54) is 0 Å². The van der Waals surface area contributed by atoms with Gasteiger partial charge in [-0.2, -0.15) is 0 Å². The molecular formula is C24H23N3O4. The van der Waals surface area contributed by atoms with Crippen molar-refractivity contribution in [3.05, 3.63) is 81.8 Å². The first kappa shape index (κ1) is 18.6. The second kappa shape index (κ2) is 6.65. The lowest BCUT2D eigenvalue weighted by atomic mass is 9.76. The third-order valence-electron chi connectivity index (χ3n) is 7.11. The van der Waals surface area contributed by atoms with E-state index in [9.17, 15) is 14.4 Å². The van der Waals surface area contributed by atoms with E-state index in [4.69, 9.17) is 4.74 Å². The van der Waals surface area contributed by atoms with Gasteiger partial charge in [0.05, 0.1) is 24.5 Å². The molecule has 2 saturated heterocycles. The highest BCUT2D eigenvalue weighted by atomic mass is 16.5. The number of nitrogens with zero attached hydrogens (tertiary/aromatic N) is 2. The maximum absolute atomic E-state index is 13.6. The number of carbonyl (C=O) groups excluding carboxylic acids is 2. The smallest absolute Gasteiger partial charge is 0.248 e. The topological polar surface area (TPSA) is 82.7 Å². The molecule has 7 heteroatoms. The summed E-state index contributed by atoms with van der Waals surface area (Å²) in [4.78, 5) is 44.9. The van der Waals surface area contributed by atoms with Gasteiger partial charge in [0, 0.05) is 31.9 Å². The van der Waals surface area contributed by atoms with Gasteiger partial charge in [-0.25, -0.2) is 0 Å². The van der Waals surface area contributed by atoms with Crippen LogP contribution < -0.4 is 5.56 Å². The van der Waals surface area contributed by atoms with Crippen molar-refractivity contribution in [2.75, 3.05) is 13.1 Å². The van der Waals surface area contributed by atoms with Crippen LogP contribution in [0.15, 0.2) is 59.5 Å². The van der Waals surface area contributed by atoms with Crippen molar-refractivity contribution >= 4 is 11.8 Å². The molecule has 0 aliphatic carbocycles. The molecule has 7 nitrogen and oxygen atoms in total. The zero-order valence-electron chi connectivity index (χ0n) is 17.0. The SMILES string of the molecule is O=C([C@H]1[C@H]2C=C[C@]3(CN(Cc4ccccc4)C(=O)[C@@H]13)O2)N1CCc2cc(=O)[nH]cc2C1. The Balaban J connectivity index is 1.25. The van der Waals surface area contributed by atoms with E-state index in [0.717, 1.165) is 16.7 Å². The predicted molar refractivity (Wildman–Crippen MR) is 112 cm³/mol. The van der Waals surface area contributed by atoms with E-state index in [0.29, 0.717) is 32.6 Å². The van der Waals surface area contributed by atoms with E-state index in [1.807, 2.05) is 52.3 Å². The summed E-state index contributed by atoms with van der Waals surface area (Å²) in [7, 11) is 0. The zero-order valence-corrected chi connectivity index (χ0v) is 17.0. The molecule has 158 valence electrons. The fourth-order valence-corrected chi connectivity index (χ4v) is 5.66. The van der Waals surface area contributed by atoms with Crippen molar-refractivity contribution < 1.29 is 14.3 Å². The number of aromatic nitrogens is 1. The first-order valence-electron chi connectivity index (χ1n) is 10.7. The molecule has 0 radical (unpaired) electrons. The second-order valence-corrected chi connectivity index (χ2v) is 8.94. The summed E-state index contributed by atoms with van der Waals surface area (Å²) in [6, 6.07) is 11.5. The van der Waals surface area contributed by atoms with Gasteiger partial charge < -0.3 is 19.5 Å². The number of pyridine rings is 1. The fraction of sp³-hybridized carbons (Fsp3) is 0.375. The number of hydrogen-bond donors (Lipinski definition) is 1. The molecule has 1 aromatic carbocycles. The summed E-state index contributed by atoms with van der Waals surface area (Å²) in [6.45, 7) is 1.99. The normalized spacial score (nSPS) is 30.6. The van der Waals surface area contributed by atoms with E-state index in [2.05, 4.69) is 4.98 Å². The molecule has 31 heavy (non-hydrogen) atoms. The maximum atomic E-state index is 13.6. The van der Waals surface area contributed by atoms with E-state index in [1.54, 1.807) is 12.3 Å². The van der Waals surface area contributed by atoms with Gasteiger partial charge in [-0.1, -0.05) is 42.5 Å². The van der Waals surface area contributed by atoms with Crippen LogP contribution in [0.1, 0.15) is 16.7 Å². The number of nitrogens with one attached hydrogen (secondary N) is 1. The molecule has 1 spiro atoms. The van der Waals surface area contributed by atoms with Crippen molar-refractivity contribution in [3.63, 3.8) is 0 Å². The van der Waals surface area contributed by atoms with Gasteiger partial charge in [-0.05, 0) is 23.1 Å². The molecule has 1 aromatic heterocycles. The summed E-state index contributed by atoms with van der Waals surface area (Å²) < 4.78 is 6.26. The Kier molecular flexibility index (Phi) is 3.99. The van der Waals surface area contributed by atoms with Crippen molar-refractivity contribution in [2.45, 2.75) is 31.2 Å². The number of fused-ring (bicyclic) bond motifs is 2. The Bertz CT molecular complexity index is 1160. The lowest BCUT2D eigenvalue weighted by Gasteiger charge is -2.33. The van der Waals surface area contributed by atoms with Crippen LogP contribution in [-0.4, -0.2) is 51.4 Å². The first-order valence-corrected chi connectivity index (χ1v) is 10.7. The molecule has 4 aliphatic heterocycles. The average Bonchev–Trinajstić information content (AvgIpc) is 3.42. The largest absolute Gasteiger partial charge is 0.360 e. The quantitative estimate of drug-likeness (QED) is 0.762. The summed E-state index contributed by atoms with van der Waals surface area (Å²) >= 11 is 0. The Hall–Kier alpha value is -3.19. The summed E-state index contributed by atoms with van der Waals surface area (Å²) in [5.74, 6) is -1.01. The Labute approximate surface area is 179 Å². The van der Waals surface area contributed by atoms with Gasteiger partial charge in [0.2, 0.25) is 17.4 Å². The minimum Gasteiger partial charge on any atom is -0.360 e. The molecule has 2 amide bonds. The number of H-pyrrole nitrogens is 1. The molecule has 2 aromatic rings. The third kappa shape index (κ3) is 2.80. The van der Waals surface area contributed by atoms with Crippen molar-refractivity contribution in [1.29, 1.82) is 0 Å². The molecule has 4 atom stereocenters. The van der Waals surface area contributed by atoms with Crippen LogP contribution in [0.25, 0.3) is 0 Å². The van der Waals surface area contributed by atoms with E-state index in [-0.39, 0.29) is 23.5 Å². The molecular weight excluding hydrogens is 394 g/mol. The minimum atomic E-state index is -0.699. The number of aromatic amines is 1. The standard InChI is InChI=1S/C24H23N3O4/c28-19-10-16-7-9-26(13-17(16)11-25-19)22(29)20-18-6-8-24(31-18)14-27(23(30)21(20)24)12-15-4-2-1-3-5-15/h1-6,8,10-11,18,20-21H,7,9,12-14H2,(H,25,28)/t18-,20+,21-,24-/m1/s1. The lowest BCUT2D eigenvalue weighted by molar-refractivity contribution is -0.144. The Morgan fingerprint density at radius 3 is 2.87 bits per heavy atom. The van der Waals surface area contributed by atoms with Crippen LogP contribution in [0.5, 0.6) is 0 Å². The van der Waals surface area contributed by atoms with E-state index < -0.39 is 17.4 Å². The molecule has 5 heterocycles. The first-order chi connectivity index (χ1) is 15.0. The molecule has 1 N–H and O–H groups in total. The number of rotatable bonds is 3. The highest BCUT2D eigenvalue weighted by molar-refractivity contribution is 5.93. The monoisotopic (exact) mass is 417 g/mol. The summed E-state index contributed by atoms with van der Waals surface area (Å²) in [5, 5.41) is 0. The molecule has 0 saturated carbocycles. The van der Waals surface area contributed by atoms with Crippen LogP contribution in [0.3, 0.4) is 0 Å². The summed E-state index contributed by atoms with van der Waals surface area (Å²) in [5.41, 5.74) is 2.18. The van der Waals surface area contributed by atoms with Crippen LogP contribution in [0, 0.1) is 11.8 Å². The number of ether oxygens (including phenoxy) is 1. The Morgan fingerprint density at radius 1 is 1.19 bits per heavy atom. The van der Waals surface area contributed by atoms with Crippen LogP contribution in [-0.2, 0) is 33.8 Å². The van der Waals surface area contributed by atoms with Gasteiger partial charge in [0.15, 0.2) is 0 Å². The lowest BCUT2D eigenvalue weighted by Crippen LogP contribution is -2.47. The average molecular weight is 417 g/mol. The molecule has 4 aliphatic rings. The number of hydrogen-bond acceptors (Lipinski definition) is 4. The third-order valence-corrected chi connectivity index (χ3v) is 7.11. The van der Waals surface area contributed by atoms with Gasteiger partial charge in [0.25, 0.3) is 0 Å². The second-order valence-electron chi connectivity index (χ2n) is 8.94. The fourth-order valence-electron chi connectivity index (χ4n) is 5.66. The van der Waals surface area contributed by atoms with Crippen molar-refractivity contribution in [2.24, 2.45) is 11.8 Å². The number of likely N-dealkylation sites (tertiary alicyclic amines) is 1. The predicted octanol–water partition coefficient (Wildman–Crippen LogP) is 1.24. The van der Waals surface area contributed by atoms with Gasteiger partial charge in [0.1, 0.15) is 5.60 Å². The maximum Gasteiger partial charge on any atom is 0.248 e. The molecule has 0 unspecified atom stereocenters. The van der Waals surface area contributed by atoms with Crippen molar-refractivity contribution in [3.8, 4) is 0 Å². The highest BCUT2D eigenvalue weighted by Crippen LogP contribution is 2.52. The summed E-state index contributed by atoms with van der Waals surface area (Å²) in [6.07, 6.45) is 5.93. The van der Waals surface area contributed by atoms with Gasteiger partial charge in [-0.3, -0.25) is 14.4 Å². The molecule has 6 rings (SSSR count). The van der Waals surface area contributed by atoms with Crippen molar-refractivity contribution in [1.82, 2.24) is 14.8 Å². The highest BCUT2D eigenvalue weighted by Gasteiger charge is 2.67. The zero-order chi connectivity index (χ0) is 21.2. The van der Waals surface area contributed by atoms with Crippen LogP contribution >= 0.6 is 0 Å². The number of carbonyl (C=O) groups is 2. The molecule has 2 bridgehead atoms. The van der Waals surface area contributed by atoms with Gasteiger partial charge in [-0.15, -0.1) is 0 Å². The Morgan fingerprint density at radius 2 is 2.03 bits per heavy atom. The van der Waals surface area contributed by atoms with Crippen LogP contribution in [0.4, 0.5) is 0 Å². The number of amides is 2. The number of benzene rings is 1. The van der Waals surface area contributed by atoms with E-state index >= 15 is 0 Å². The minimum absolute atomic E-state index is 0.00390. The van der Waals surface area contributed by atoms with Gasteiger partial charge >= 0.3 is 0 Å². The van der Waals surface area contributed by atoms with Crippen LogP contribution in [0.2, 0.25) is 0 Å². The molecule has 2 fully saturated rings.